The molecular formula is C18H26N6O. The molecule has 3 heterocycles. The second-order valence-electron chi connectivity index (χ2n) is 7.37. The molecule has 7 heteroatoms. The third-order valence-electron chi connectivity index (χ3n) is 4.89. The van der Waals surface area contributed by atoms with Gasteiger partial charge in [0.15, 0.2) is 5.65 Å². The molecule has 3 rings (SSSR count). The third kappa shape index (κ3) is 3.48. The zero-order chi connectivity index (χ0) is 18.0. The summed E-state index contributed by atoms with van der Waals surface area (Å²) in [5, 5.41) is 6.67. The Bertz CT molecular complexity index is 759. The van der Waals surface area contributed by atoms with Crippen LogP contribution in [0.4, 0.5) is 0 Å². The van der Waals surface area contributed by atoms with Crippen molar-refractivity contribution in [3.8, 4) is 0 Å². The van der Waals surface area contributed by atoms with Crippen molar-refractivity contribution in [1.82, 2.24) is 25.6 Å². The quantitative estimate of drug-likeness (QED) is 0.764. The maximum absolute atomic E-state index is 12.8. The fourth-order valence-electron chi connectivity index (χ4n) is 3.52. The van der Waals surface area contributed by atoms with Crippen LogP contribution >= 0.6 is 0 Å². The molecule has 1 aliphatic heterocycles. The summed E-state index contributed by atoms with van der Waals surface area (Å²) in [6, 6.07) is 1.38. The topological polar surface area (TPSA) is 106 Å². The Labute approximate surface area is 147 Å². The van der Waals surface area contributed by atoms with Crippen molar-refractivity contribution in [2.45, 2.75) is 38.8 Å². The van der Waals surface area contributed by atoms with Crippen LogP contribution in [0.25, 0.3) is 11.2 Å². The molecule has 2 aromatic rings. The molecule has 1 fully saturated rings. The van der Waals surface area contributed by atoms with E-state index in [0.717, 1.165) is 24.0 Å². The predicted molar refractivity (Wildman–Crippen MR) is 96.6 cm³/mol. The number of hydrogen-bond donors (Lipinski definition) is 3. The highest BCUT2D eigenvalue weighted by Crippen LogP contribution is 2.34. The number of nitrogens with two attached hydrogens (primary N) is 1. The van der Waals surface area contributed by atoms with E-state index in [4.69, 9.17) is 5.73 Å². The third-order valence-corrected chi connectivity index (χ3v) is 4.89. The SMILES string of the molecule is CC(C)[C@H](N)C(=O)N[C@]1(c2ccnc3nccnc23)CNC[C@@H](C)C1. The van der Waals surface area contributed by atoms with Gasteiger partial charge in [-0.2, -0.15) is 0 Å². The van der Waals surface area contributed by atoms with Crippen LogP contribution < -0.4 is 16.4 Å². The minimum atomic E-state index is -0.571. The molecule has 1 amide bonds. The number of rotatable bonds is 4. The molecule has 2 aromatic heterocycles. The van der Waals surface area contributed by atoms with E-state index in [9.17, 15) is 4.79 Å². The fraction of sp³-hybridized carbons (Fsp3) is 0.556. The van der Waals surface area contributed by atoms with E-state index in [-0.39, 0.29) is 11.8 Å². The lowest BCUT2D eigenvalue weighted by Gasteiger charge is -2.42. The van der Waals surface area contributed by atoms with Crippen LogP contribution in [0.15, 0.2) is 24.7 Å². The average molecular weight is 342 g/mol. The van der Waals surface area contributed by atoms with Crippen molar-refractivity contribution in [3.63, 3.8) is 0 Å². The average Bonchev–Trinajstić information content (AvgIpc) is 2.60. The summed E-state index contributed by atoms with van der Waals surface area (Å²) in [6.45, 7) is 7.62. The Morgan fingerprint density at radius 3 is 2.76 bits per heavy atom. The zero-order valence-corrected chi connectivity index (χ0v) is 15.0. The van der Waals surface area contributed by atoms with Crippen LogP contribution in [-0.4, -0.2) is 40.0 Å². The number of carbonyl (C=O) groups excluding carboxylic acids is 1. The van der Waals surface area contributed by atoms with Gasteiger partial charge in [0.1, 0.15) is 5.52 Å². The molecule has 4 N–H and O–H groups in total. The van der Waals surface area contributed by atoms with E-state index in [1.54, 1.807) is 18.6 Å². The first-order valence-corrected chi connectivity index (χ1v) is 8.77. The second kappa shape index (κ2) is 7.01. The van der Waals surface area contributed by atoms with E-state index in [1.165, 1.54) is 0 Å². The molecule has 0 bridgehead atoms. The first-order valence-electron chi connectivity index (χ1n) is 8.77. The summed E-state index contributed by atoms with van der Waals surface area (Å²) in [7, 11) is 0. The van der Waals surface area contributed by atoms with Crippen molar-refractivity contribution >= 4 is 17.1 Å². The molecule has 0 unspecified atom stereocenters. The van der Waals surface area contributed by atoms with E-state index in [1.807, 2.05) is 19.9 Å². The summed E-state index contributed by atoms with van der Waals surface area (Å²) >= 11 is 0. The fourth-order valence-corrected chi connectivity index (χ4v) is 3.52. The molecule has 134 valence electrons. The van der Waals surface area contributed by atoms with Gasteiger partial charge >= 0.3 is 0 Å². The minimum absolute atomic E-state index is 0.0694. The molecule has 0 aliphatic carbocycles. The Hall–Kier alpha value is -2.12. The van der Waals surface area contributed by atoms with E-state index >= 15 is 0 Å². The largest absolute Gasteiger partial charge is 0.344 e. The molecule has 0 saturated carbocycles. The number of aromatic nitrogens is 3. The van der Waals surface area contributed by atoms with Gasteiger partial charge in [-0.25, -0.2) is 9.97 Å². The van der Waals surface area contributed by atoms with E-state index in [0.29, 0.717) is 18.1 Å². The summed E-state index contributed by atoms with van der Waals surface area (Å²) in [5.74, 6) is 0.337. The van der Waals surface area contributed by atoms with Gasteiger partial charge in [0, 0.05) is 30.7 Å². The Kier molecular flexibility index (Phi) is 4.96. The highest BCUT2D eigenvalue weighted by atomic mass is 16.2. The highest BCUT2D eigenvalue weighted by Gasteiger charge is 2.40. The molecule has 0 radical (unpaired) electrons. The molecule has 3 atom stereocenters. The highest BCUT2D eigenvalue weighted by molar-refractivity contribution is 5.84. The zero-order valence-electron chi connectivity index (χ0n) is 15.0. The number of pyridine rings is 1. The van der Waals surface area contributed by atoms with Crippen molar-refractivity contribution in [1.29, 1.82) is 0 Å². The number of carbonyl (C=O) groups is 1. The van der Waals surface area contributed by atoms with Gasteiger partial charge in [-0.15, -0.1) is 0 Å². The van der Waals surface area contributed by atoms with Gasteiger partial charge in [-0.1, -0.05) is 20.8 Å². The number of piperidine rings is 1. The van der Waals surface area contributed by atoms with Crippen LogP contribution in [0.3, 0.4) is 0 Å². The maximum atomic E-state index is 12.8. The maximum Gasteiger partial charge on any atom is 0.237 e. The molecule has 1 aliphatic rings. The van der Waals surface area contributed by atoms with Gasteiger partial charge in [0.05, 0.1) is 11.6 Å². The van der Waals surface area contributed by atoms with Gasteiger partial charge in [0.25, 0.3) is 0 Å². The smallest absolute Gasteiger partial charge is 0.237 e. The second-order valence-corrected chi connectivity index (χ2v) is 7.37. The van der Waals surface area contributed by atoms with Crippen LogP contribution in [-0.2, 0) is 10.3 Å². The molecule has 0 spiro atoms. The van der Waals surface area contributed by atoms with E-state index < -0.39 is 11.6 Å². The normalized spacial score (nSPS) is 25.1. The van der Waals surface area contributed by atoms with Gasteiger partial charge in [0.2, 0.25) is 5.91 Å². The number of fused-ring (bicyclic) bond motifs is 1. The van der Waals surface area contributed by atoms with E-state index in [2.05, 4.69) is 32.5 Å². The summed E-state index contributed by atoms with van der Waals surface area (Å²) in [4.78, 5) is 25.8. The monoisotopic (exact) mass is 342 g/mol. The molecule has 25 heavy (non-hydrogen) atoms. The van der Waals surface area contributed by atoms with Crippen molar-refractivity contribution in [3.05, 3.63) is 30.2 Å². The summed E-state index contributed by atoms with van der Waals surface area (Å²) in [5.41, 5.74) is 7.76. The van der Waals surface area contributed by atoms with Gasteiger partial charge in [-0.05, 0) is 30.9 Å². The van der Waals surface area contributed by atoms with Gasteiger partial charge < -0.3 is 16.4 Å². The number of amides is 1. The van der Waals surface area contributed by atoms with Crippen LogP contribution in [0.2, 0.25) is 0 Å². The first-order chi connectivity index (χ1) is 11.9. The minimum Gasteiger partial charge on any atom is -0.344 e. The number of hydrogen-bond acceptors (Lipinski definition) is 6. The Morgan fingerprint density at radius 1 is 1.32 bits per heavy atom. The summed E-state index contributed by atoms with van der Waals surface area (Å²) in [6.07, 6.45) is 5.82. The Morgan fingerprint density at radius 2 is 2.04 bits per heavy atom. The van der Waals surface area contributed by atoms with Crippen LogP contribution in [0.1, 0.15) is 32.8 Å². The number of nitrogens with one attached hydrogen (secondary N) is 2. The predicted octanol–water partition coefficient (Wildman–Crippen LogP) is 0.949. The van der Waals surface area contributed by atoms with Gasteiger partial charge in [-0.3, -0.25) is 9.78 Å². The lowest BCUT2D eigenvalue weighted by Crippen LogP contribution is -2.60. The summed E-state index contributed by atoms with van der Waals surface area (Å²) < 4.78 is 0. The first kappa shape index (κ1) is 17.7. The van der Waals surface area contributed by atoms with Crippen LogP contribution in [0, 0.1) is 11.8 Å². The lowest BCUT2D eigenvalue weighted by molar-refractivity contribution is -0.125. The lowest BCUT2D eigenvalue weighted by atomic mass is 9.78. The standard InChI is InChI=1S/C18H26N6O/c1-11(2)14(19)17(25)24-18(8-12(3)9-20-10-18)13-4-5-22-16-15(13)21-6-7-23-16/h4-7,11-12,14,20H,8-10,19H2,1-3H3,(H,24,25)/t12-,14-,18-/m0/s1. The van der Waals surface area contributed by atoms with Crippen LogP contribution in [0.5, 0.6) is 0 Å². The Balaban J connectivity index is 2.07. The number of nitrogens with zero attached hydrogens (tertiary/aromatic N) is 3. The van der Waals surface area contributed by atoms with Crippen molar-refractivity contribution in [2.75, 3.05) is 13.1 Å². The molecule has 7 nitrogen and oxygen atoms in total. The molecule has 0 aromatic carbocycles. The molecular weight excluding hydrogens is 316 g/mol. The van der Waals surface area contributed by atoms with Crippen molar-refractivity contribution < 1.29 is 4.79 Å². The molecule has 1 saturated heterocycles. The van der Waals surface area contributed by atoms with Crippen molar-refractivity contribution in [2.24, 2.45) is 17.6 Å².